The van der Waals surface area contributed by atoms with E-state index in [4.69, 9.17) is 4.74 Å². The predicted molar refractivity (Wildman–Crippen MR) is 102 cm³/mol. The van der Waals surface area contributed by atoms with Crippen molar-refractivity contribution in [2.45, 2.75) is 25.2 Å². The Kier molecular flexibility index (Phi) is 6.24. The molecule has 5 nitrogen and oxygen atoms in total. The van der Waals surface area contributed by atoms with Crippen LogP contribution in [0.25, 0.3) is 0 Å². The van der Waals surface area contributed by atoms with Crippen LogP contribution in [-0.4, -0.2) is 36.7 Å². The first-order valence-electron chi connectivity index (χ1n) is 9.28. The normalized spacial score (nSPS) is 16.0. The van der Waals surface area contributed by atoms with Crippen LogP contribution in [0.3, 0.4) is 0 Å². The van der Waals surface area contributed by atoms with E-state index >= 15 is 0 Å². The lowest BCUT2D eigenvalue weighted by Crippen LogP contribution is -2.46. The number of ether oxygens (including phenoxy) is 1. The van der Waals surface area contributed by atoms with Gasteiger partial charge in [-0.3, -0.25) is 9.59 Å². The first-order chi connectivity index (χ1) is 13.1. The Morgan fingerprint density at radius 3 is 1.96 bits per heavy atom. The predicted octanol–water partition coefficient (Wildman–Crippen LogP) is 3.21. The quantitative estimate of drug-likeness (QED) is 0.788. The van der Waals surface area contributed by atoms with Crippen molar-refractivity contribution in [2.75, 3.05) is 19.8 Å². The van der Waals surface area contributed by atoms with Crippen molar-refractivity contribution < 1.29 is 19.4 Å². The molecular formula is C22H25NO4. The molecule has 0 unspecified atom stereocenters. The van der Waals surface area contributed by atoms with E-state index in [1.807, 2.05) is 60.7 Å². The maximum absolute atomic E-state index is 12.7. The molecule has 1 fully saturated rings. The van der Waals surface area contributed by atoms with Crippen molar-refractivity contribution >= 4 is 11.9 Å². The summed E-state index contributed by atoms with van der Waals surface area (Å²) in [5.74, 6) is -1.07. The zero-order valence-electron chi connectivity index (χ0n) is 15.3. The maximum atomic E-state index is 12.7. The van der Waals surface area contributed by atoms with Gasteiger partial charge in [-0.15, -0.1) is 0 Å². The number of benzene rings is 2. The molecule has 5 heteroatoms. The molecule has 1 saturated heterocycles. The van der Waals surface area contributed by atoms with E-state index in [1.54, 1.807) is 0 Å². The van der Waals surface area contributed by atoms with Crippen molar-refractivity contribution in [3.63, 3.8) is 0 Å². The maximum Gasteiger partial charge on any atom is 0.311 e. The Balaban J connectivity index is 1.70. The van der Waals surface area contributed by atoms with Crippen LogP contribution >= 0.6 is 0 Å². The van der Waals surface area contributed by atoms with Gasteiger partial charge in [0, 0.05) is 32.1 Å². The Bertz CT molecular complexity index is 715. The summed E-state index contributed by atoms with van der Waals surface area (Å²) in [4.78, 5) is 24.4. The van der Waals surface area contributed by atoms with Crippen molar-refractivity contribution in [2.24, 2.45) is 5.41 Å². The summed E-state index contributed by atoms with van der Waals surface area (Å²) in [7, 11) is 0. The molecule has 3 rings (SSSR count). The summed E-state index contributed by atoms with van der Waals surface area (Å²) < 4.78 is 5.29. The first kappa shape index (κ1) is 19.1. The van der Waals surface area contributed by atoms with Crippen LogP contribution in [-0.2, 0) is 14.3 Å². The van der Waals surface area contributed by atoms with Gasteiger partial charge in [-0.05, 0) is 24.0 Å². The number of carbonyl (C=O) groups excluding carboxylic acids is 1. The summed E-state index contributed by atoms with van der Waals surface area (Å²) in [6, 6.07) is 19.8. The van der Waals surface area contributed by atoms with Crippen molar-refractivity contribution in [1.82, 2.24) is 5.32 Å². The van der Waals surface area contributed by atoms with E-state index < -0.39 is 11.4 Å². The van der Waals surface area contributed by atoms with Crippen molar-refractivity contribution in [3.05, 3.63) is 71.8 Å². The lowest BCUT2D eigenvalue weighted by Gasteiger charge is -2.33. The van der Waals surface area contributed by atoms with Gasteiger partial charge < -0.3 is 15.2 Å². The molecule has 1 heterocycles. The molecule has 1 aliphatic heterocycles. The van der Waals surface area contributed by atoms with Gasteiger partial charge in [0.1, 0.15) is 0 Å². The van der Waals surface area contributed by atoms with Gasteiger partial charge in [-0.1, -0.05) is 60.7 Å². The summed E-state index contributed by atoms with van der Waals surface area (Å²) in [5, 5.41) is 12.5. The zero-order chi connectivity index (χ0) is 19.1. The fraction of sp³-hybridized carbons (Fsp3) is 0.364. The lowest BCUT2D eigenvalue weighted by atomic mass is 9.80. The number of carboxylic acids is 1. The van der Waals surface area contributed by atoms with Gasteiger partial charge in [0.05, 0.1) is 5.41 Å². The Hall–Kier alpha value is -2.66. The van der Waals surface area contributed by atoms with E-state index in [2.05, 4.69) is 5.32 Å². The topological polar surface area (TPSA) is 75.6 Å². The van der Waals surface area contributed by atoms with Crippen molar-refractivity contribution in [3.8, 4) is 0 Å². The van der Waals surface area contributed by atoms with Crippen LogP contribution in [0.1, 0.15) is 36.3 Å². The highest BCUT2D eigenvalue weighted by Gasteiger charge is 2.40. The molecule has 1 amide bonds. The van der Waals surface area contributed by atoms with Gasteiger partial charge in [0.2, 0.25) is 5.91 Å². The van der Waals surface area contributed by atoms with Gasteiger partial charge in [-0.2, -0.15) is 0 Å². The summed E-state index contributed by atoms with van der Waals surface area (Å²) in [6.45, 7) is 0.971. The van der Waals surface area contributed by atoms with Gasteiger partial charge >= 0.3 is 5.97 Å². The zero-order valence-corrected chi connectivity index (χ0v) is 15.3. The third-order valence-corrected chi connectivity index (χ3v) is 5.32. The van der Waals surface area contributed by atoms with Crippen LogP contribution < -0.4 is 5.32 Å². The fourth-order valence-electron chi connectivity index (χ4n) is 3.55. The number of hydrogen-bond donors (Lipinski definition) is 2. The van der Waals surface area contributed by atoms with E-state index in [1.165, 1.54) is 0 Å². The standard InChI is InChI=1S/C22H25NO4/c24-20(23-16-22(21(25)26)11-13-27-14-12-22)15-19(17-7-3-1-4-8-17)18-9-5-2-6-10-18/h1-10,19H,11-16H2,(H,23,24)(H,25,26). The molecule has 2 aromatic rings. The average Bonchev–Trinajstić information content (AvgIpc) is 2.72. The molecule has 2 N–H and O–H groups in total. The monoisotopic (exact) mass is 367 g/mol. The molecule has 0 saturated carbocycles. The summed E-state index contributed by atoms with van der Waals surface area (Å²) in [6.07, 6.45) is 1.12. The Labute approximate surface area is 159 Å². The highest BCUT2D eigenvalue weighted by molar-refractivity contribution is 5.80. The minimum Gasteiger partial charge on any atom is -0.481 e. The fourth-order valence-corrected chi connectivity index (χ4v) is 3.55. The second kappa shape index (κ2) is 8.82. The van der Waals surface area contributed by atoms with E-state index in [9.17, 15) is 14.7 Å². The second-order valence-electron chi connectivity index (χ2n) is 7.05. The van der Waals surface area contributed by atoms with E-state index in [0.29, 0.717) is 26.1 Å². The smallest absolute Gasteiger partial charge is 0.311 e. The number of nitrogens with one attached hydrogen (secondary N) is 1. The third-order valence-electron chi connectivity index (χ3n) is 5.32. The molecule has 0 bridgehead atoms. The Morgan fingerprint density at radius 2 is 1.48 bits per heavy atom. The Morgan fingerprint density at radius 1 is 0.963 bits per heavy atom. The molecule has 0 spiro atoms. The second-order valence-corrected chi connectivity index (χ2v) is 7.05. The molecule has 2 aromatic carbocycles. The van der Waals surface area contributed by atoms with Crippen LogP contribution in [0.5, 0.6) is 0 Å². The number of carboxylic acid groups (broad SMARTS) is 1. The minimum absolute atomic E-state index is 0.0668. The van der Waals surface area contributed by atoms with Gasteiger partial charge in [0.25, 0.3) is 0 Å². The van der Waals surface area contributed by atoms with Crippen LogP contribution in [0.4, 0.5) is 0 Å². The SMILES string of the molecule is O=C(CC(c1ccccc1)c1ccccc1)NCC1(C(=O)O)CCOCC1. The largest absolute Gasteiger partial charge is 0.481 e. The van der Waals surface area contributed by atoms with Crippen LogP contribution in [0.15, 0.2) is 60.7 Å². The summed E-state index contributed by atoms with van der Waals surface area (Å²) in [5.41, 5.74) is 1.21. The van der Waals surface area contributed by atoms with E-state index in [0.717, 1.165) is 11.1 Å². The van der Waals surface area contributed by atoms with Crippen LogP contribution in [0.2, 0.25) is 0 Å². The molecule has 0 atom stereocenters. The lowest BCUT2D eigenvalue weighted by molar-refractivity contribution is -0.154. The molecular weight excluding hydrogens is 342 g/mol. The molecule has 142 valence electrons. The van der Waals surface area contributed by atoms with Gasteiger partial charge in [0.15, 0.2) is 0 Å². The molecule has 0 aromatic heterocycles. The number of aliphatic carboxylic acids is 1. The third kappa shape index (κ3) is 4.74. The number of carbonyl (C=O) groups is 2. The van der Waals surface area contributed by atoms with Crippen molar-refractivity contribution in [1.29, 1.82) is 0 Å². The van der Waals surface area contributed by atoms with E-state index in [-0.39, 0.29) is 24.8 Å². The van der Waals surface area contributed by atoms with Crippen LogP contribution in [0, 0.1) is 5.41 Å². The summed E-state index contributed by atoms with van der Waals surface area (Å²) >= 11 is 0. The average molecular weight is 367 g/mol. The molecule has 0 aliphatic carbocycles. The number of amides is 1. The number of rotatable bonds is 7. The molecule has 0 radical (unpaired) electrons. The highest BCUT2D eigenvalue weighted by Crippen LogP contribution is 2.31. The highest BCUT2D eigenvalue weighted by atomic mass is 16.5. The number of hydrogen-bond acceptors (Lipinski definition) is 3. The molecule has 27 heavy (non-hydrogen) atoms. The first-order valence-corrected chi connectivity index (χ1v) is 9.28. The van der Waals surface area contributed by atoms with Gasteiger partial charge in [-0.25, -0.2) is 0 Å². The minimum atomic E-state index is -0.928. The molecule has 1 aliphatic rings.